The van der Waals surface area contributed by atoms with Crippen LogP contribution in [0.1, 0.15) is 35.0 Å². The lowest BCUT2D eigenvalue weighted by atomic mass is 10.0. The van der Waals surface area contributed by atoms with Gasteiger partial charge in [0, 0.05) is 30.5 Å². The molecule has 1 atom stereocenters. The maximum absolute atomic E-state index is 9.29. The van der Waals surface area contributed by atoms with Crippen molar-refractivity contribution in [1.82, 2.24) is 15.1 Å². The summed E-state index contributed by atoms with van der Waals surface area (Å²) in [6.07, 6.45) is 0.673. The van der Waals surface area contributed by atoms with Crippen molar-refractivity contribution in [2.45, 2.75) is 39.4 Å². The van der Waals surface area contributed by atoms with Crippen LogP contribution in [0, 0.1) is 13.8 Å². The average Bonchev–Trinajstić information content (AvgIpc) is 2.79. The summed E-state index contributed by atoms with van der Waals surface area (Å²) in [5, 5.41) is 26.3. The molecule has 2 rings (SSSR count). The molecule has 0 spiro atoms. The molecule has 22 heavy (non-hydrogen) atoms. The van der Waals surface area contributed by atoms with Crippen LogP contribution in [0.15, 0.2) is 30.3 Å². The minimum atomic E-state index is 0.0893. The van der Waals surface area contributed by atoms with E-state index >= 15 is 0 Å². The van der Waals surface area contributed by atoms with E-state index in [1.807, 2.05) is 36.7 Å². The zero-order valence-corrected chi connectivity index (χ0v) is 13.3. The molecule has 0 unspecified atom stereocenters. The minimum absolute atomic E-state index is 0.0893. The van der Waals surface area contributed by atoms with Gasteiger partial charge in [-0.1, -0.05) is 30.3 Å². The zero-order chi connectivity index (χ0) is 15.9. The van der Waals surface area contributed by atoms with Gasteiger partial charge in [-0.3, -0.25) is 4.68 Å². The molecule has 0 aliphatic rings. The molecule has 5 nitrogen and oxygen atoms in total. The summed E-state index contributed by atoms with van der Waals surface area (Å²) in [5.41, 5.74) is 4.39. The molecule has 3 N–H and O–H groups in total. The summed E-state index contributed by atoms with van der Waals surface area (Å²) in [6.45, 7) is 5.46. The smallest absolute Gasteiger partial charge is 0.0644 e. The summed E-state index contributed by atoms with van der Waals surface area (Å²) in [4.78, 5) is 0. The van der Waals surface area contributed by atoms with Crippen molar-refractivity contribution in [2.75, 3.05) is 13.2 Å². The van der Waals surface area contributed by atoms with Gasteiger partial charge in [0.25, 0.3) is 0 Å². The lowest BCUT2D eigenvalue weighted by Crippen LogP contribution is -2.22. The SMILES string of the molecule is Cc1nn(CCO)c(C)c1CN[C@H](CCO)c1ccccc1. The first kappa shape index (κ1) is 16.7. The second-order valence-electron chi connectivity index (χ2n) is 5.45. The van der Waals surface area contributed by atoms with Gasteiger partial charge in [0.2, 0.25) is 0 Å². The zero-order valence-electron chi connectivity index (χ0n) is 13.3. The molecule has 0 radical (unpaired) electrons. The third-order valence-corrected chi connectivity index (χ3v) is 3.99. The number of aliphatic hydroxyl groups excluding tert-OH is 2. The maximum atomic E-state index is 9.29. The highest BCUT2D eigenvalue weighted by Gasteiger charge is 2.14. The highest BCUT2D eigenvalue weighted by molar-refractivity contribution is 5.25. The van der Waals surface area contributed by atoms with Gasteiger partial charge in [-0.2, -0.15) is 5.10 Å². The number of aromatic nitrogens is 2. The molecule has 0 saturated carbocycles. The number of hydrogen-bond donors (Lipinski definition) is 3. The van der Waals surface area contributed by atoms with Crippen LogP contribution in [0.3, 0.4) is 0 Å². The predicted octanol–water partition coefficient (Wildman–Crippen LogP) is 1.71. The van der Waals surface area contributed by atoms with E-state index < -0.39 is 0 Å². The van der Waals surface area contributed by atoms with Crippen molar-refractivity contribution in [1.29, 1.82) is 0 Å². The lowest BCUT2D eigenvalue weighted by Gasteiger charge is -2.18. The fourth-order valence-corrected chi connectivity index (χ4v) is 2.73. The molecule has 1 aromatic carbocycles. The molecular formula is C17H25N3O2. The summed E-state index contributed by atoms with van der Waals surface area (Å²) < 4.78 is 1.84. The van der Waals surface area contributed by atoms with Crippen LogP contribution in [0.25, 0.3) is 0 Å². The molecule has 0 bridgehead atoms. The van der Waals surface area contributed by atoms with Crippen molar-refractivity contribution in [3.63, 3.8) is 0 Å². The summed E-state index contributed by atoms with van der Waals surface area (Å²) in [7, 11) is 0. The quantitative estimate of drug-likeness (QED) is 0.694. The Balaban J connectivity index is 2.10. The van der Waals surface area contributed by atoms with Crippen LogP contribution in [-0.2, 0) is 13.1 Å². The lowest BCUT2D eigenvalue weighted by molar-refractivity contribution is 0.264. The van der Waals surface area contributed by atoms with Crippen LogP contribution in [0.4, 0.5) is 0 Å². The van der Waals surface area contributed by atoms with Gasteiger partial charge in [-0.05, 0) is 25.8 Å². The van der Waals surface area contributed by atoms with E-state index in [1.54, 1.807) is 0 Å². The number of aliphatic hydroxyl groups is 2. The number of nitrogens with zero attached hydrogens (tertiary/aromatic N) is 2. The Bertz CT molecular complexity index is 581. The van der Waals surface area contributed by atoms with Crippen molar-refractivity contribution in [3.05, 3.63) is 52.8 Å². The Morgan fingerprint density at radius 3 is 2.50 bits per heavy atom. The van der Waals surface area contributed by atoms with Gasteiger partial charge in [0.05, 0.1) is 18.8 Å². The molecule has 1 heterocycles. The van der Waals surface area contributed by atoms with Crippen LogP contribution < -0.4 is 5.32 Å². The monoisotopic (exact) mass is 303 g/mol. The first-order chi connectivity index (χ1) is 10.7. The first-order valence-corrected chi connectivity index (χ1v) is 7.70. The molecule has 120 valence electrons. The van der Waals surface area contributed by atoms with Crippen LogP contribution >= 0.6 is 0 Å². The van der Waals surface area contributed by atoms with Crippen LogP contribution in [0.2, 0.25) is 0 Å². The predicted molar refractivity (Wildman–Crippen MR) is 86.5 cm³/mol. The number of hydrogen-bond acceptors (Lipinski definition) is 4. The van der Waals surface area contributed by atoms with Crippen LogP contribution in [0.5, 0.6) is 0 Å². The molecule has 5 heteroatoms. The second kappa shape index (κ2) is 8.08. The topological polar surface area (TPSA) is 70.3 Å². The third-order valence-electron chi connectivity index (χ3n) is 3.99. The van der Waals surface area contributed by atoms with Gasteiger partial charge in [0.15, 0.2) is 0 Å². The average molecular weight is 303 g/mol. The van der Waals surface area contributed by atoms with E-state index in [0.29, 0.717) is 19.5 Å². The van der Waals surface area contributed by atoms with Crippen molar-refractivity contribution >= 4 is 0 Å². The highest BCUT2D eigenvalue weighted by atomic mass is 16.3. The van der Waals surface area contributed by atoms with Gasteiger partial charge in [0.1, 0.15) is 0 Å². The molecular weight excluding hydrogens is 278 g/mol. The largest absolute Gasteiger partial charge is 0.396 e. The number of rotatable bonds is 8. The van der Waals surface area contributed by atoms with E-state index in [-0.39, 0.29) is 19.3 Å². The number of nitrogens with one attached hydrogen (secondary N) is 1. The Morgan fingerprint density at radius 2 is 1.86 bits per heavy atom. The van der Waals surface area contributed by atoms with E-state index in [1.165, 1.54) is 5.56 Å². The standard InChI is InChI=1S/C17H25N3O2/c1-13-16(14(2)20(19-13)9-11-22)12-18-17(8-10-21)15-6-4-3-5-7-15/h3-7,17-18,21-22H,8-12H2,1-2H3/t17-/m1/s1. The first-order valence-electron chi connectivity index (χ1n) is 7.70. The Kier molecular flexibility index (Phi) is 6.12. The minimum Gasteiger partial charge on any atom is -0.396 e. The maximum Gasteiger partial charge on any atom is 0.0644 e. The Morgan fingerprint density at radius 1 is 1.14 bits per heavy atom. The Labute approximate surface area is 131 Å². The third kappa shape index (κ3) is 3.94. The summed E-state index contributed by atoms with van der Waals surface area (Å²) >= 11 is 0. The fraction of sp³-hybridized carbons (Fsp3) is 0.471. The van der Waals surface area contributed by atoms with E-state index in [2.05, 4.69) is 22.5 Å². The second-order valence-corrected chi connectivity index (χ2v) is 5.45. The van der Waals surface area contributed by atoms with E-state index in [0.717, 1.165) is 17.0 Å². The molecule has 0 aliphatic carbocycles. The van der Waals surface area contributed by atoms with Gasteiger partial charge < -0.3 is 15.5 Å². The van der Waals surface area contributed by atoms with Gasteiger partial charge >= 0.3 is 0 Å². The van der Waals surface area contributed by atoms with Crippen LogP contribution in [-0.4, -0.2) is 33.2 Å². The van der Waals surface area contributed by atoms with E-state index in [4.69, 9.17) is 5.11 Å². The highest BCUT2D eigenvalue weighted by Crippen LogP contribution is 2.19. The molecule has 0 fully saturated rings. The molecule has 0 aliphatic heterocycles. The summed E-state index contributed by atoms with van der Waals surface area (Å²) in [6, 6.07) is 10.3. The van der Waals surface area contributed by atoms with Crippen molar-refractivity contribution in [2.24, 2.45) is 0 Å². The van der Waals surface area contributed by atoms with Gasteiger partial charge in [-0.25, -0.2) is 0 Å². The van der Waals surface area contributed by atoms with E-state index in [9.17, 15) is 5.11 Å². The molecule has 1 aromatic heterocycles. The number of aryl methyl sites for hydroxylation is 1. The van der Waals surface area contributed by atoms with Crippen molar-refractivity contribution < 1.29 is 10.2 Å². The summed E-state index contributed by atoms with van der Waals surface area (Å²) in [5.74, 6) is 0. The molecule has 2 aromatic rings. The normalized spacial score (nSPS) is 12.5. The van der Waals surface area contributed by atoms with Gasteiger partial charge in [-0.15, -0.1) is 0 Å². The molecule has 0 amide bonds. The van der Waals surface area contributed by atoms with Crippen molar-refractivity contribution in [3.8, 4) is 0 Å². The molecule has 0 saturated heterocycles. The fourth-order valence-electron chi connectivity index (χ4n) is 2.73. The Hall–Kier alpha value is -1.69. The number of benzene rings is 1.